The minimum Gasteiger partial charge on any atom is -0.394 e. The number of aliphatic hydroxyl groups is 1. The number of nitrogens with one attached hydrogen (secondary N) is 1. The van der Waals surface area contributed by atoms with Gasteiger partial charge in [-0.1, -0.05) is 11.6 Å². The van der Waals surface area contributed by atoms with Crippen LogP contribution in [0.3, 0.4) is 0 Å². The fourth-order valence-corrected chi connectivity index (χ4v) is 7.15. The molecule has 0 bridgehead atoms. The van der Waals surface area contributed by atoms with E-state index in [2.05, 4.69) is 4.72 Å². The first-order valence-electron chi connectivity index (χ1n) is 10.7. The summed E-state index contributed by atoms with van der Waals surface area (Å²) in [5.41, 5.74) is 0. The predicted molar refractivity (Wildman–Crippen MR) is 123 cm³/mol. The van der Waals surface area contributed by atoms with E-state index in [1.54, 1.807) is 29.2 Å². The molecule has 2 amide bonds. The molecule has 0 aliphatic carbocycles. The van der Waals surface area contributed by atoms with E-state index in [0.29, 0.717) is 31.0 Å². The van der Waals surface area contributed by atoms with Crippen molar-refractivity contribution in [1.82, 2.24) is 14.5 Å². The second-order valence-electron chi connectivity index (χ2n) is 8.24. The van der Waals surface area contributed by atoms with Crippen LogP contribution in [0.15, 0.2) is 28.5 Å². The number of likely N-dealkylation sites (tertiary alicyclic amines) is 2. The van der Waals surface area contributed by atoms with Crippen LogP contribution in [-0.2, 0) is 19.6 Å². The van der Waals surface area contributed by atoms with Crippen LogP contribution in [-0.4, -0.2) is 73.5 Å². The zero-order chi connectivity index (χ0) is 22.9. The van der Waals surface area contributed by atoms with Crippen molar-refractivity contribution >= 4 is 54.9 Å². The summed E-state index contributed by atoms with van der Waals surface area (Å²) in [6.07, 6.45) is 3.56. The first-order chi connectivity index (χ1) is 15.3. The second kappa shape index (κ2) is 9.64. The monoisotopic (exact) mass is 499 g/mol. The van der Waals surface area contributed by atoms with Crippen molar-refractivity contribution < 1.29 is 23.1 Å². The molecule has 2 N–H and O–H groups in total. The molecule has 1 aromatic heterocycles. The number of rotatable bonds is 6. The molecular weight excluding hydrogens is 474 g/mol. The lowest BCUT2D eigenvalue weighted by Gasteiger charge is -2.37. The number of carbonyl (C=O) groups is 2. The summed E-state index contributed by atoms with van der Waals surface area (Å²) in [5, 5.41) is 10.8. The molecule has 4 rings (SSSR count). The van der Waals surface area contributed by atoms with Crippen molar-refractivity contribution in [2.75, 3.05) is 26.2 Å². The molecule has 1 aromatic carbocycles. The molecule has 174 valence electrons. The second-order valence-corrected chi connectivity index (χ2v) is 11.7. The number of aliphatic hydroxyl groups excluding tert-OH is 1. The van der Waals surface area contributed by atoms with Gasteiger partial charge in [-0.25, -0.2) is 8.42 Å². The predicted octanol–water partition coefficient (Wildman–Crippen LogP) is 2.20. The van der Waals surface area contributed by atoms with Crippen molar-refractivity contribution in [3.63, 3.8) is 0 Å². The molecule has 0 saturated carbocycles. The fraction of sp³-hybridized carbons (Fsp3) is 0.524. The molecule has 3 heterocycles. The normalized spacial score (nSPS) is 22.5. The average Bonchev–Trinajstić information content (AvgIpc) is 3.20. The van der Waals surface area contributed by atoms with Crippen LogP contribution >= 0.6 is 22.9 Å². The van der Waals surface area contributed by atoms with Crippen LogP contribution in [0.25, 0.3) is 10.1 Å². The van der Waals surface area contributed by atoms with Crippen molar-refractivity contribution in [2.45, 2.75) is 48.4 Å². The van der Waals surface area contributed by atoms with E-state index in [1.807, 2.05) is 0 Å². The zero-order valence-corrected chi connectivity index (χ0v) is 19.9. The maximum atomic E-state index is 13.0. The van der Waals surface area contributed by atoms with Crippen LogP contribution in [0, 0.1) is 0 Å². The molecule has 2 fully saturated rings. The van der Waals surface area contributed by atoms with Gasteiger partial charge in [-0.05, 0) is 61.8 Å². The summed E-state index contributed by atoms with van der Waals surface area (Å²) < 4.78 is 29.3. The molecular formula is C21H26ClN3O5S2. The van der Waals surface area contributed by atoms with E-state index in [1.165, 1.54) is 4.90 Å². The van der Waals surface area contributed by atoms with Gasteiger partial charge in [0.05, 0.1) is 19.2 Å². The minimum atomic E-state index is -3.90. The van der Waals surface area contributed by atoms with Gasteiger partial charge in [0.15, 0.2) is 0 Å². The molecule has 0 radical (unpaired) electrons. The standard InChI is InChI=1S/C21H26ClN3O5S2/c22-15-6-7-18-14(10-15)11-20(31-18)32(29,30)23-17-5-3-8-24(21(17)28)12-19(27)25-9-2-1-4-16(25)13-26/h6-7,10-11,16-17,23,26H,1-5,8-9,12-13H2/t16?,17-/m0/s1. The average molecular weight is 500 g/mol. The van der Waals surface area contributed by atoms with Gasteiger partial charge in [-0.15, -0.1) is 11.3 Å². The number of sulfonamides is 1. The Kier molecular flexibility index (Phi) is 7.06. The number of halogens is 1. The number of piperidine rings is 2. The highest BCUT2D eigenvalue weighted by Crippen LogP contribution is 2.31. The van der Waals surface area contributed by atoms with Gasteiger partial charge in [0.25, 0.3) is 10.0 Å². The number of fused-ring (bicyclic) bond motifs is 1. The molecule has 2 aliphatic rings. The lowest BCUT2D eigenvalue weighted by molar-refractivity contribution is -0.145. The van der Waals surface area contributed by atoms with Crippen molar-refractivity contribution in [1.29, 1.82) is 0 Å². The largest absolute Gasteiger partial charge is 0.394 e. The Morgan fingerprint density at radius 3 is 2.78 bits per heavy atom. The minimum absolute atomic E-state index is 0.0948. The fourth-order valence-electron chi connectivity index (χ4n) is 4.35. The molecule has 8 nitrogen and oxygen atoms in total. The number of hydrogen-bond donors (Lipinski definition) is 2. The van der Waals surface area contributed by atoms with Crippen LogP contribution in [0.2, 0.25) is 5.02 Å². The Labute approximate surface area is 196 Å². The maximum absolute atomic E-state index is 13.0. The van der Waals surface area contributed by atoms with E-state index in [0.717, 1.165) is 40.7 Å². The summed E-state index contributed by atoms with van der Waals surface area (Å²) in [4.78, 5) is 28.8. The Bertz CT molecular complexity index is 1120. The molecule has 32 heavy (non-hydrogen) atoms. The van der Waals surface area contributed by atoms with Gasteiger partial charge in [0, 0.05) is 22.8 Å². The third-order valence-electron chi connectivity index (χ3n) is 6.03. The Balaban J connectivity index is 1.44. The van der Waals surface area contributed by atoms with Crippen molar-refractivity contribution in [3.8, 4) is 0 Å². The smallest absolute Gasteiger partial charge is 0.250 e. The number of amides is 2. The van der Waals surface area contributed by atoms with Crippen molar-refractivity contribution in [2.24, 2.45) is 0 Å². The highest BCUT2D eigenvalue weighted by atomic mass is 35.5. The Hall–Kier alpha value is -1.72. The first-order valence-corrected chi connectivity index (χ1v) is 13.4. The first kappa shape index (κ1) is 23.4. The van der Waals surface area contributed by atoms with Crippen LogP contribution in [0.4, 0.5) is 0 Å². The van der Waals surface area contributed by atoms with E-state index in [-0.39, 0.29) is 29.3 Å². The third kappa shape index (κ3) is 4.94. The van der Waals surface area contributed by atoms with Gasteiger partial charge >= 0.3 is 0 Å². The topological polar surface area (TPSA) is 107 Å². The van der Waals surface area contributed by atoms with Gasteiger partial charge in [0.2, 0.25) is 11.8 Å². The maximum Gasteiger partial charge on any atom is 0.250 e. The molecule has 2 atom stereocenters. The molecule has 1 unspecified atom stereocenters. The lowest BCUT2D eigenvalue weighted by atomic mass is 10.0. The molecule has 0 spiro atoms. The summed E-state index contributed by atoms with van der Waals surface area (Å²) in [7, 11) is -3.90. The molecule has 2 aromatic rings. The summed E-state index contributed by atoms with van der Waals surface area (Å²) in [6, 6.07) is 5.59. The van der Waals surface area contributed by atoms with Crippen LogP contribution < -0.4 is 4.72 Å². The molecule has 2 aliphatic heterocycles. The summed E-state index contributed by atoms with van der Waals surface area (Å²) >= 11 is 7.11. The van der Waals surface area contributed by atoms with E-state index in [9.17, 15) is 23.1 Å². The Morgan fingerprint density at radius 2 is 2.00 bits per heavy atom. The summed E-state index contributed by atoms with van der Waals surface area (Å²) in [5.74, 6) is -0.600. The van der Waals surface area contributed by atoms with Crippen LogP contribution in [0.5, 0.6) is 0 Å². The van der Waals surface area contributed by atoms with Gasteiger partial charge in [0.1, 0.15) is 10.3 Å². The highest BCUT2D eigenvalue weighted by molar-refractivity contribution is 7.91. The van der Waals surface area contributed by atoms with Gasteiger partial charge in [-0.2, -0.15) is 4.72 Å². The van der Waals surface area contributed by atoms with Crippen LogP contribution in [0.1, 0.15) is 32.1 Å². The number of nitrogens with zero attached hydrogens (tertiary/aromatic N) is 2. The molecule has 11 heteroatoms. The van der Waals surface area contributed by atoms with E-state index < -0.39 is 22.0 Å². The number of hydrogen-bond acceptors (Lipinski definition) is 6. The lowest BCUT2D eigenvalue weighted by Crippen LogP contribution is -2.56. The van der Waals surface area contributed by atoms with E-state index in [4.69, 9.17) is 11.6 Å². The van der Waals surface area contributed by atoms with Crippen molar-refractivity contribution in [3.05, 3.63) is 29.3 Å². The highest BCUT2D eigenvalue weighted by Gasteiger charge is 2.35. The summed E-state index contributed by atoms with van der Waals surface area (Å²) in [6.45, 7) is 0.775. The van der Waals surface area contributed by atoms with Gasteiger partial charge in [-0.3, -0.25) is 9.59 Å². The zero-order valence-electron chi connectivity index (χ0n) is 17.5. The SMILES string of the molecule is O=C1[C@@H](NS(=O)(=O)c2cc3cc(Cl)ccc3s2)CCCN1CC(=O)N1CCCCC1CO. The number of benzene rings is 1. The third-order valence-corrected chi connectivity index (χ3v) is 9.33. The Morgan fingerprint density at radius 1 is 1.19 bits per heavy atom. The van der Waals surface area contributed by atoms with Gasteiger partial charge < -0.3 is 14.9 Å². The number of carbonyl (C=O) groups excluding carboxylic acids is 2. The quantitative estimate of drug-likeness (QED) is 0.633. The molecule has 2 saturated heterocycles. The van der Waals surface area contributed by atoms with E-state index >= 15 is 0 Å². The number of thiophene rings is 1.